The first-order valence-electron chi connectivity index (χ1n) is 14.4. The summed E-state index contributed by atoms with van der Waals surface area (Å²) in [6, 6.07) is 11.1. The predicted octanol–water partition coefficient (Wildman–Crippen LogP) is 7.19. The highest BCUT2D eigenvalue weighted by Gasteiger charge is 2.41. The Morgan fingerprint density at radius 2 is 1.64 bits per heavy atom. The number of rotatable bonds is 11. The number of imidazole rings is 1. The van der Waals surface area contributed by atoms with Gasteiger partial charge in [0.1, 0.15) is 29.9 Å². The summed E-state index contributed by atoms with van der Waals surface area (Å²) in [6.45, 7) is 2.36. The molecule has 234 valence electrons. The molecule has 1 aliphatic rings. The average Bonchev–Trinajstić information content (AvgIpc) is 3.73. The van der Waals surface area contributed by atoms with E-state index >= 15 is 8.78 Å². The Labute approximate surface area is 255 Å². The highest BCUT2D eigenvalue weighted by molar-refractivity contribution is 5.77. The van der Waals surface area contributed by atoms with Crippen LogP contribution in [0.2, 0.25) is 0 Å². The van der Waals surface area contributed by atoms with Crippen LogP contribution in [-0.2, 0) is 19.6 Å². The van der Waals surface area contributed by atoms with Crippen molar-refractivity contribution in [1.82, 2.24) is 19.5 Å². The number of ether oxygens (including phenoxy) is 1. The van der Waals surface area contributed by atoms with Crippen molar-refractivity contribution in [2.75, 3.05) is 0 Å². The molecule has 0 atom stereocenters. The fourth-order valence-corrected chi connectivity index (χ4v) is 5.41. The van der Waals surface area contributed by atoms with Gasteiger partial charge in [0.25, 0.3) is 6.43 Å². The monoisotopic (exact) mass is 624 g/mol. The topological polar surface area (TPSA) is 93.3 Å². The van der Waals surface area contributed by atoms with E-state index in [-0.39, 0.29) is 46.8 Å². The molecule has 1 saturated carbocycles. The molecule has 2 N–H and O–H groups in total. The number of alkyl halides is 2. The van der Waals surface area contributed by atoms with Crippen molar-refractivity contribution in [3.8, 4) is 17.3 Å². The van der Waals surface area contributed by atoms with Gasteiger partial charge >= 0.3 is 6.01 Å². The van der Waals surface area contributed by atoms with Crippen LogP contribution in [0.1, 0.15) is 67.0 Å². The molecule has 0 unspecified atom stereocenters. The van der Waals surface area contributed by atoms with Crippen molar-refractivity contribution >= 4 is 11.0 Å². The molecular formula is C33H29F5N4O3. The summed E-state index contributed by atoms with van der Waals surface area (Å²) in [5.74, 6) is -1.79. The van der Waals surface area contributed by atoms with E-state index in [1.54, 1.807) is 18.2 Å². The summed E-state index contributed by atoms with van der Waals surface area (Å²) >= 11 is 0. The van der Waals surface area contributed by atoms with E-state index in [9.17, 15) is 23.4 Å². The summed E-state index contributed by atoms with van der Waals surface area (Å²) in [6.07, 6.45) is -0.196. The lowest BCUT2D eigenvalue weighted by Crippen LogP contribution is -2.14. The van der Waals surface area contributed by atoms with E-state index < -0.39 is 35.7 Å². The van der Waals surface area contributed by atoms with Crippen molar-refractivity contribution in [1.29, 1.82) is 0 Å². The van der Waals surface area contributed by atoms with Crippen molar-refractivity contribution in [2.24, 2.45) is 5.41 Å². The quantitative estimate of drug-likeness (QED) is 0.119. The smallest absolute Gasteiger partial charge is 0.317 e. The van der Waals surface area contributed by atoms with Crippen LogP contribution in [0, 0.1) is 22.9 Å². The van der Waals surface area contributed by atoms with Crippen molar-refractivity contribution in [3.05, 3.63) is 106 Å². The van der Waals surface area contributed by atoms with Crippen molar-refractivity contribution in [3.63, 3.8) is 0 Å². The highest BCUT2D eigenvalue weighted by atomic mass is 19.3. The zero-order valence-electron chi connectivity index (χ0n) is 24.2. The second-order valence-electron chi connectivity index (χ2n) is 11.4. The van der Waals surface area contributed by atoms with Gasteiger partial charge in [0.05, 0.1) is 16.7 Å². The molecule has 0 spiro atoms. The van der Waals surface area contributed by atoms with Gasteiger partial charge in [-0.15, -0.1) is 0 Å². The molecule has 1 aliphatic carbocycles. The summed E-state index contributed by atoms with van der Waals surface area (Å²) in [5.41, 5.74) is 1.17. The maximum atomic E-state index is 15.5. The molecule has 1 fully saturated rings. The minimum atomic E-state index is -2.82. The Morgan fingerprint density at radius 3 is 2.33 bits per heavy atom. The summed E-state index contributed by atoms with van der Waals surface area (Å²) < 4.78 is 78.2. The Kier molecular flexibility index (Phi) is 8.27. The summed E-state index contributed by atoms with van der Waals surface area (Å²) in [5, 5.41) is 19.4. The van der Waals surface area contributed by atoms with Crippen LogP contribution in [0.25, 0.3) is 22.3 Å². The Morgan fingerprint density at radius 1 is 0.889 bits per heavy atom. The number of nitrogens with zero attached hydrogens (tertiary/aromatic N) is 4. The fraction of sp³-hybridized carbons (Fsp3) is 0.303. The Hall–Kier alpha value is -4.42. The molecule has 45 heavy (non-hydrogen) atoms. The predicted molar refractivity (Wildman–Crippen MR) is 155 cm³/mol. The number of aromatic nitrogens is 4. The second-order valence-corrected chi connectivity index (χ2v) is 11.4. The molecule has 7 nitrogen and oxygen atoms in total. The maximum Gasteiger partial charge on any atom is 0.317 e. The minimum absolute atomic E-state index is 0.00342. The summed E-state index contributed by atoms with van der Waals surface area (Å²) in [4.78, 5) is 12.8. The van der Waals surface area contributed by atoms with Crippen LogP contribution in [0.15, 0.2) is 60.8 Å². The van der Waals surface area contributed by atoms with Gasteiger partial charge in [0.15, 0.2) is 6.29 Å². The lowest BCUT2D eigenvalue weighted by atomic mass is 10.0. The van der Waals surface area contributed by atoms with Gasteiger partial charge in [-0.1, -0.05) is 25.1 Å². The molecule has 0 aliphatic heterocycles. The molecule has 2 aromatic heterocycles. The first-order chi connectivity index (χ1) is 21.6. The molecule has 6 rings (SSSR count). The first-order valence-corrected chi connectivity index (χ1v) is 14.4. The van der Waals surface area contributed by atoms with Gasteiger partial charge in [0, 0.05) is 41.4 Å². The third-order valence-corrected chi connectivity index (χ3v) is 8.43. The maximum absolute atomic E-state index is 15.5. The number of aliphatic hydroxyl groups is 2. The van der Waals surface area contributed by atoms with Gasteiger partial charge in [-0.2, -0.15) is 4.98 Å². The number of fused-ring (bicyclic) bond motifs is 1. The van der Waals surface area contributed by atoms with Crippen LogP contribution in [0.3, 0.4) is 0 Å². The lowest BCUT2D eigenvalue weighted by molar-refractivity contribution is -0.0424. The fourth-order valence-electron chi connectivity index (χ4n) is 5.41. The molecule has 5 aromatic rings. The van der Waals surface area contributed by atoms with Gasteiger partial charge in [0.2, 0.25) is 0 Å². The Balaban J connectivity index is 1.26. The van der Waals surface area contributed by atoms with Gasteiger partial charge < -0.3 is 19.5 Å². The Bertz CT molecular complexity index is 1870. The minimum Gasteiger partial charge on any atom is -0.458 e. The van der Waals surface area contributed by atoms with Crippen LogP contribution in [-0.4, -0.2) is 29.7 Å². The van der Waals surface area contributed by atoms with Crippen LogP contribution < -0.4 is 4.74 Å². The number of hydrogen-bond acceptors (Lipinski definition) is 6. The first kappa shape index (κ1) is 30.6. The third-order valence-electron chi connectivity index (χ3n) is 8.43. The van der Waals surface area contributed by atoms with E-state index in [0.29, 0.717) is 29.0 Å². The normalized spacial score (nSPS) is 14.1. The molecule has 3 aromatic carbocycles. The van der Waals surface area contributed by atoms with E-state index in [4.69, 9.17) is 9.72 Å². The van der Waals surface area contributed by atoms with Gasteiger partial charge in [-0.25, -0.2) is 31.9 Å². The number of aliphatic hydroxyl groups excluding tert-OH is 1. The second kappa shape index (κ2) is 12.2. The van der Waals surface area contributed by atoms with Gasteiger partial charge in [-0.3, -0.25) is 0 Å². The summed E-state index contributed by atoms with van der Waals surface area (Å²) in [7, 11) is 0. The molecule has 0 saturated heterocycles. The lowest BCUT2D eigenvalue weighted by Gasteiger charge is -2.17. The SMILES string of the molecule is CCC1(Cn2c(Cc3cc(F)c(-c4ccnc(OCc5ccc(C(F)F)cc5F)n4)cc3F)nc3ccc(C(O)O)cc32)CC1. The molecule has 0 bridgehead atoms. The third kappa shape index (κ3) is 6.38. The van der Waals surface area contributed by atoms with Crippen LogP contribution in [0.4, 0.5) is 22.0 Å². The zero-order valence-corrected chi connectivity index (χ0v) is 24.2. The van der Waals surface area contributed by atoms with E-state index in [0.717, 1.165) is 43.5 Å². The number of halogens is 5. The van der Waals surface area contributed by atoms with Crippen LogP contribution in [0.5, 0.6) is 6.01 Å². The molecule has 12 heteroatoms. The van der Waals surface area contributed by atoms with Crippen LogP contribution >= 0.6 is 0 Å². The average molecular weight is 625 g/mol. The number of benzene rings is 3. The molecule has 2 heterocycles. The highest BCUT2D eigenvalue weighted by Crippen LogP contribution is 2.50. The van der Waals surface area contributed by atoms with Gasteiger partial charge in [-0.05, 0) is 66.6 Å². The standard InChI is InChI=1S/C33H29F5N4O3/c1-2-33(8-9-33)17-42-28-13-19(31(43)44)5-6-27(28)40-29(42)14-21-12-25(36)22(15-24(21)35)26-7-10-39-32(41-26)45-16-20-4-3-18(30(37)38)11-23(20)34/h3-7,10-13,15,30-31,43-44H,2,8-9,14,16-17H2,1H3. The van der Waals surface area contributed by atoms with Crippen molar-refractivity contribution in [2.45, 2.75) is 58.5 Å². The molecule has 0 amide bonds. The molecule has 0 radical (unpaired) electrons. The van der Waals surface area contributed by atoms with E-state index in [1.165, 1.54) is 18.3 Å². The van der Waals surface area contributed by atoms with E-state index in [2.05, 4.69) is 16.9 Å². The molecular weight excluding hydrogens is 595 g/mol. The largest absolute Gasteiger partial charge is 0.458 e. The number of hydrogen-bond donors (Lipinski definition) is 2. The van der Waals surface area contributed by atoms with Crippen molar-refractivity contribution < 1.29 is 36.9 Å². The van der Waals surface area contributed by atoms with E-state index in [1.807, 2.05) is 4.57 Å². The zero-order chi connectivity index (χ0) is 31.9.